The molecular formula is C11H15F3N2O2. The first-order chi connectivity index (χ1) is 8.23. The number of rotatable bonds is 1. The van der Waals surface area contributed by atoms with Crippen molar-refractivity contribution in [1.82, 2.24) is 10.2 Å². The van der Waals surface area contributed by atoms with Crippen LogP contribution in [-0.2, 0) is 4.79 Å². The topological polar surface area (TPSA) is 49.4 Å². The lowest BCUT2D eigenvalue weighted by atomic mass is 9.77. The fourth-order valence-electron chi connectivity index (χ4n) is 2.59. The average molecular weight is 264 g/mol. The fraction of sp³-hybridized carbons (Fsp3) is 0.818. The van der Waals surface area contributed by atoms with Crippen LogP contribution in [0.5, 0.6) is 0 Å². The summed E-state index contributed by atoms with van der Waals surface area (Å²) in [5.41, 5.74) is -1.09. The third-order valence-electron chi connectivity index (χ3n) is 3.71. The number of imide groups is 1. The van der Waals surface area contributed by atoms with Crippen molar-refractivity contribution in [2.75, 3.05) is 6.54 Å². The van der Waals surface area contributed by atoms with Crippen LogP contribution in [0.15, 0.2) is 0 Å². The predicted octanol–water partition coefficient (Wildman–Crippen LogP) is 2.05. The number of nitrogens with one attached hydrogen (secondary N) is 1. The maximum absolute atomic E-state index is 12.3. The van der Waals surface area contributed by atoms with Gasteiger partial charge < -0.3 is 5.32 Å². The number of hydrogen-bond donors (Lipinski definition) is 1. The number of nitrogens with zero attached hydrogens (tertiary/aromatic N) is 1. The summed E-state index contributed by atoms with van der Waals surface area (Å²) < 4.78 is 36.9. The van der Waals surface area contributed by atoms with Crippen LogP contribution in [-0.4, -0.2) is 35.1 Å². The molecule has 1 spiro atoms. The van der Waals surface area contributed by atoms with E-state index in [4.69, 9.17) is 0 Å². The molecule has 1 N–H and O–H groups in total. The molecule has 0 aromatic rings. The number of halogens is 3. The molecule has 7 heteroatoms. The summed E-state index contributed by atoms with van der Waals surface area (Å²) in [6, 6.07) is -0.924. The van der Waals surface area contributed by atoms with Crippen LogP contribution in [0.3, 0.4) is 0 Å². The summed E-state index contributed by atoms with van der Waals surface area (Å²) in [7, 11) is 0. The molecule has 0 bridgehead atoms. The summed E-state index contributed by atoms with van der Waals surface area (Å²) >= 11 is 0. The van der Waals surface area contributed by atoms with Gasteiger partial charge in [-0.05, 0) is 31.6 Å². The van der Waals surface area contributed by atoms with Crippen LogP contribution in [0.25, 0.3) is 0 Å². The van der Waals surface area contributed by atoms with E-state index in [1.54, 1.807) is 0 Å². The molecule has 0 atom stereocenters. The van der Waals surface area contributed by atoms with Crippen molar-refractivity contribution in [3.8, 4) is 0 Å². The van der Waals surface area contributed by atoms with Crippen LogP contribution in [0.1, 0.15) is 32.6 Å². The first-order valence-electron chi connectivity index (χ1n) is 5.94. The van der Waals surface area contributed by atoms with E-state index in [-0.39, 0.29) is 4.90 Å². The molecule has 0 aromatic heterocycles. The number of amides is 3. The molecule has 2 aliphatic rings. The van der Waals surface area contributed by atoms with Crippen molar-refractivity contribution >= 4 is 11.9 Å². The van der Waals surface area contributed by atoms with Crippen molar-refractivity contribution in [3.05, 3.63) is 0 Å². The lowest BCUT2D eigenvalue weighted by molar-refractivity contribution is -0.155. The van der Waals surface area contributed by atoms with Crippen LogP contribution < -0.4 is 5.32 Å². The van der Waals surface area contributed by atoms with Gasteiger partial charge in [0.1, 0.15) is 12.1 Å². The molecule has 102 valence electrons. The molecule has 2 rings (SSSR count). The highest BCUT2D eigenvalue weighted by molar-refractivity contribution is 6.07. The van der Waals surface area contributed by atoms with E-state index in [1.165, 1.54) is 0 Å². The molecule has 0 unspecified atom stereocenters. The van der Waals surface area contributed by atoms with Gasteiger partial charge in [0.25, 0.3) is 5.91 Å². The first kappa shape index (κ1) is 13.2. The van der Waals surface area contributed by atoms with Gasteiger partial charge >= 0.3 is 12.2 Å². The van der Waals surface area contributed by atoms with Gasteiger partial charge in [0.05, 0.1) is 0 Å². The summed E-state index contributed by atoms with van der Waals surface area (Å²) in [6.45, 7) is 0.524. The molecule has 1 heterocycles. The Labute approximate surface area is 103 Å². The van der Waals surface area contributed by atoms with E-state index >= 15 is 0 Å². The van der Waals surface area contributed by atoms with Crippen LogP contribution in [0.4, 0.5) is 18.0 Å². The molecule has 3 amide bonds. The fourth-order valence-corrected chi connectivity index (χ4v) is 2.59. The van der Waals surface area contributed by atoms with Gasteiger partial charge in [-0.1, -0.05) is 6.92 Å². The third kappa shape index (κ3) is 2.30. The highest BCUT2D eigenvalue weighted by Gasteiger charge is 2.54. The van der Waals surface area contributed by atoms with E-state index in [0.717, 1.165) is 12.8 Å². The quantitative estimate of drug-likeness (QED) is 0.737. The van der Waals surface area contributed by atoms with Gasteiger partial charge in [0.15, 0.2) is 0 Å². The van der Waals surface area contributed by atoms with E-state index < -0.39 is 30.2 Å². The summed E-state index contributed by atoms with van der Waals surface area (Å²) in [4.78, 5) is 23.8. The molecule has 2 fully saturated rings. The molecule has 1 saturated carbocycles. The van der Waals surface area contributed by atoms with Crippen molar-refractivity contribution in [2.24, 2.45) is 5.92 Å². The number of carbonyl (C=O) groups is 2. The zero-order chi connectivity index (χ0) is 13.6. The molecule has 1 saturated heterocycles. The van der Waals surface area contributed by atoms with Gasteiger partial charge in [0.2, 0.25) is 0 Å². The van der Waals surface area contributed by atoms with Crippen LogP contribution in [0, 0.1) is 5.92 Å². The number of hydrogen-bond acceptors (Lipinski definition) is 2. The first-order valence-corrected chi connectivity index (χ1v) is 5.94. The van der Waals surface area contributed by atoms with Gasteiger partial charge in [-0.3, -0.25) is 9.69 Å². The second-order valence-electron chi connectivity index (χ2n) is 5.20. The zero-order valence-corrected chi connectivity index (χ0v) is 10.0. The standard InChI is InChI=1S/C11H15F3N2O2/c1-7-2-4-10(5-3-7)8(17)16(9(18)15-10)6-11(12,13)14/h7H,2-6H2,1H3,(H,15,18). The lowest BCUT2D eigenvalue weighted by Crippen LogP contribution is -2.49. The molecule has 18 heavy (non-hydrogen) atoms. The Balaban J connectivity index is 2.14. The summed E-state index contributed by atoms with van der Waals surface area (Å²) in [5.74, 6) is -0.284. The number of urea groups is 1. The smallest absolute Gasteiger partial charge is 0.323 e. The van der Waals surface area contributed by atoms with E-state index in [1.807, 2.05) is 6.92 Å². The normalized spacial score (nSPS) is 33.1. The Morgan fingerprint density at radius 1 is 1.33 bits per heavy atom. The monoisotopic (exact) mass is 264 g/mol. The minimum Gasteiger partial charge on any atom is -0.323 e. The Kier molecular flexibility index (Phi) is 3.03. The van der Waals surface area contributed by atoms with Crippen LogP contribution in [0.2, 0.25) is 0 Å². The highest BCUT2D eigenvalue weighted by Crippen LogP contribution is 2.37. The SMILES string of the molecule is CC1CCC2(CC1)NC(=O)N(CC(F)(F)F)C2=O. The van der Waals surface area contributed by atoms with Gasteiger partial charge in [-0.25, -0.2) is 4.79 Å². The Morgan fingerprint density at radius 2 is 1.89 bits per heavy atom. The van der Waals surface area contributed by atoms with E-state index in [0.29, 0.717) is 18.8 Å². The largest absolute Gasteiger partial charge is 0.406 e. The van der Waals surface area contributed by atoms with Crippen LogP contribution >= 0.6 is 0 Å². The zero-order valence-electron chi connectivity index (χ0n) is 10.0. The molecule has 4 nitrogen and oxygen atoms in total. The van der Waals surface area contributed by atoms with Crippen molar-refractivity contribution in [1.29, 1.82) is 0 Å². The second-order valence-corrected chi connectivity index (χ2v) is 5.20. The predicted molar refractivity (Wildman–Crippen MR) is 56.7 cm³/mol. The van der Waals surface area contributed by atoms with Gasteiger partial charge in [-0.2, -0.15) is 13.2 Å². The average Bonchev–Trinajstić information content (AvgIpc) is 2.47. The maximum Gasteiger partial charge on any atom is 0.406 e. The molecule has 1 aliphatic carbocycles. The minimum absolute atomic E-state index is 0.288. The molecular weight excluding hydrogens is 249 g/mol. The molecule has 1 aliphatic heterocycles. The van der Waals surface area contributed by atoms with E-state index in [9.17, 15) is 22.8 Å². The second kappa shape index (κ2) is 4.13. The Morgan fingerprint density at radius 3 is 2.39 bits per heavy atom. The van der Waals surface area contributed by atoms with Gasteiger partial charge in [0, 0.05) is 0 Å². The summed E-state index contributed by atoms with van der Waals surface area (Å²) in [6.07, 6.45) is -2.22. The minimum atomic E-state index is -4.56. The van der Waals surface area contributed by atoms with Crippen molar-refractivity contribution < 1.29 is 22.8 Å². The maximum atomic E-state index is 12.3. The molecule has 0 aromatic carbocycles. The number of carbonyl (C=O) groups excluding carboxylic acids is 2. The van der Waals surface area contributed by atoms with Crippen molar-refractivity contribution in [2.45, 2.75) is 44.3 Å². The van der Waals surface area contributed by atoms with E-state index in [2.05, 4.69) is 5.32 Å². The Hall–Kier alpha value is -1.27. The Bertz CT molecular complexity index is 373. The lowest BCUT2D eigenvalue weighted by Gasteiger charge is -2.33. The van der Waals surface area contributed by atoms with Crippen molar-refractivity contribution in [3.63, 3.8) is 0 Å². The van der Waals surface area contributed by atoms with Gasteiger partial charge in [-0.15, -0.1) is 0 Å². The number of alkyl halides is 3. The third-order valence-corrected chi connectivity index (χ3v) is 3.71. The molecule has 0 radical (unpaired) electrons. The summed E-state index contributed by atoms with van der Waals surface area (Å²) in [5, 5.41) is 2.45. The highest BCUT2D eigenvalue weighted by atomic mass is 19.4.